The van der Waals surface area contributed by atoms with Gasteiger partial charge in [0.2, 0.25) is 0 Å². The molecule has 0 fully saturated rings. The molecule has 0 saturated carbocycles. The summed E-state index contributed by atoms with van der Waals surface area (Å²) in [6.45, 7) is 8.55. The van der Waals surface area contributed by atoms with Crippen LogP contribution in [0.15, 0.2) is 27.6 Å². The maximum absolute atomic E-state index is 12.8. The molecule has 0 aliphatic carbocycles. The molecule has 0 spiro atoms. The summed E-state index contributed by atoms with van der Waals surface area (Å²) in [7, 11) is 0. The number of aromatic amines is 1. The number of aliphatic hydroxyl groups excluding tert-OH is 1. The summed E-state index contributed by atoms with van der Waals surface area (Å²) in [5, 5.41) is 10.7. The molecule has 2 N–H and O–H groups in total. The number of nitrogens with one attached hydrogen (secondary N) is 1. The number of aliphatic hydroxyl groups is 1. The molecule has 1 atom stereocenters. The predicted octanol–water partition coefficient (Wildman–Crippen LogP) is 3.61. The average molecular weight is 448 g/mol. The number of nitrogens with zero attached hydrogens (tertiary/aromatic N) is 2. The number of hydrogen-bond acceptors (Lipinski definition) is 8. The predicted molar refractivity (Wildman–Crippen MR) is 119 cm³/mol. The number of aromatic nitrogens is 2. The maximum Gasteiger partial charge on any atom is 0.348 e. The Labute approximate surface area is 184 Å². The van der Waals surface area contributed by atoms with Gasteiger partial charge in [-0.15, -0.1) is 11.3 Å². The molecule has 0 saturated heterocycles. The first-order valence-electron chi connectivity index (χ1n) is 10.4. The first-order chi connectivity index (χ1) is 14.8. The summed E-state index contributed by atoms with van der Waals surface area (Å²) in [5.74, 6) is 0.786. The van der Waals surface area contributed by atoms with Crippen LogP contribution < -0.4 is 5.56 Å². The van der Waals surface area contributed by atoms with Gasteiger partial charge in [0.15, 0.2) is 0 Å². The fraction of sp³-hybridized carbons (Fsp3) is 0.500. The Balaban J connectivity index is 1.89. The third kappa shape index (κ3) is 5.81. The number of H-pyrrole nitrogens is 1. The Hall–Kier alpha value is -2.49. The van der Waals surface area contributed by atoms with Gasteiger partial charge in [-0.25, -0.2) is 9.78 Å². The number of fused-ring (bicyclic) bond motifs is 1. The summed E-state index contributed by atoms with van der Waals surface area (Å²) in [4.78, 5) is 35.5. The van der Waals surface area contributed by atoms with Gasteiger partial charge in [-0.05, 0) is 44.9 Å². The second-order valence-electron chi connectivity index (χ2n) is 7.89. The van der Waals surface area contributed by atoms with Gasteiger partial charge in [-0.3, -0.25) is 9.69 Å². The minimum atomic E-state index is -0.489. The third-order valence-corrected chi connectivity index (χ3v) is 5.97. The standard InChI is InChI=1S/C22H29N3O5S/c1-5-7-15(26)10-25(11-16-8-6-9-29-16)12-17-23-20(27)18-14(4)19(31-21(18)24-17)22(28)30-13(2)3/h6,8-9,13,15,26H,5,7,10-12H2,1-4H3,(H,23,24,27). The molecule has 0 aliphatic heterocycles. The van der Waals surface area contributed by atoms with Crippen LogP contribution in [0.3, 0.4) is 0 Å². The van der Waals surface area contributed by atoms with Gasteiger partial charge in [-0.2, -0.15) is 0 Å². The van der Waals surface area contributed by atoms with Crippen LogP contribution in [0.25, 0.3) is 10.2 Å². The van der Waals surface area contributed by atoms with E-state index in [1.807, 2.05) is 24.0 Å². The molecule has 3 rings (SSSR count). The zero-order valence-corrected chi connectivity index (χ0v) is 19.1. The number of thiophene rings is 1. The van der Waals surface area contributed by atoms with Crippen molar-refractivity contribution in [3.63, 3.8) is 0 Å². The third-order valence-electron chi connectivity index (χ3n) is 4.80. The second-order valence-corrected chi connectivity index (χ2v) is 8.89. The lowest BCUT2D eigenvalue weighted by Crippen LogP contribution is -2.32. The van der Waals surface area contributed by atoms with Crippen molar-refractivity contribution in [1.29, 1.82) is 0 Å². The number of ether oxygens (including phenoxy) is 1. The van der Waals surface area contributed by atoms with Crippen molar-refractivity contribution in [1.82, 2.24) is 14.9 Å². The number of hydrogen-bond donors (Lipinski definition) is 2. The summed E-state index contributed by atoms with van der Waals surface area (Å²) < 4.78 is 10.7. The van der Waals surface area contributed by atoms with Crippen LogP contribution in [0.2, 0.25) is 0 Å². The smallest absolute Gasteiger partial charge is 0.348 e. The van der Waals surface area contributed by atoms with Crippen molar-refractivity contribution in [2.45, 2.75) is 65.8 Å². The fourth-order valence-electron chi connectivity index (χ4n) is 3.47. The van der Waals surface area contributed by atoms with Crippen LogP contribution in [-0.2, 0) is 17.8 Å². The van der Waals surface area contributed by atoms with E-state index in [-0.39, 0.29) is 11.7 Å². The van der Waals surface area contributed by atoms with Crippen LogP contribution in [-0.4, -0.2) is 44.7 Å². The highest BCUT2D eigenvalue weighted by atomic mass is 32.1. The molecule has 168 valence electrons. The summed E-state index contributed by atoms with van der Waals surface area (Å²) in [6.07, 6.45) is 2.43. The molecule has 3 aromatic rings. The minimum absolute atomic E-state index is 0.247. The van der Waals surface area contributed by atoms with E-state index in [4.69, 9.17) is 9.15 Å². The van der Waals surface area contributed by atoms with Crippen molar-refractivity contribution in [2.75, 3.05) is 6.54 Å². The molecule has 9 heteroatoms. The van der Waals surface area contributed by atoms with Gasteiger partial charge in [0.25, 0.3) is 5.56 Å². The highest BCUT2D eigenvalue weighted by molar-refractivity contribution is 7.20. The van der Waals surface area contributed by atoms with Crippen molar-refractivity contribution < 1.29 is 19.1 Å². The molecule has 0 aliphatic rings. The van der Waals surface area contributed by atoms with Gasteiger partial charge in [0, 0.05) is 6.54 Å². The number of aryl methyl sites for hydroxylation is 1. The van der Waals surface area contributed by atoms with Crippen LogP contribution in [0.5, 0.6) is 0 Å². The van der Waals surface area contributed by atoms with Gasteiger partial charge >= 0.3 is 5.97 Å². The largest absolute Gasteiger partial charge is 0.468 e. The zero-order chi connectivity index (χ0) is 22.5. The second kappa shape index (κ2) is 10.2. The molecule has 31 heavy (non-hydrogen) atoms. The fourth-order valence-corrected chi connectivity index (χ4v) is 4.55. The Morgan fingerprint density at radius 1 is 1.39 bits per heavy atom. The Morgan fingerprint density at radius 2 is 2.16 bits per heavy atom. The first kappa shape index (κ1) is 23.2. The molecule has 0 bridgehead atoms. The van der Waals surface area contributed by atoms with Crippen molar-refractivity contribution >= 4 is 27.5 Å². The lowest BCUT2D eigenvalue weighted by atomic mass is 10.2. The van der Waals surface area contributed by atoms with Gasteiger partial charge in [0.05, 0.1) is 36.9 Å². The van der Waals surface area contributed by atoms with E-state index in [2.05, 4.69) is 9.97 Å². The lowest BCUT2D eigenvalue weighted by Gasteiger charge is -2.23. The zero-order valence-electron chi connectivity index (χ0n) is 18.3. The first-order valence-corrected chi connectivity index (χ1v) is 11.3. The molecule has 0 amide bonds. The molecule has 1 unspecified atom stereocenters. The average Bonchev–Trinajstić information content (AvgIpc) is 3.29. The van der Waals surface area contributed by atoms with Crippen LogP contribution >= 0.6 is 11.3 Å². The van der Waals surface area contributed by atoms with Crippen LogP contribution in [0.1, 0.15) is 60.4 Å². The molecule has 3 heterocycles. The highest BCUT2D eigenvalue weighted by Crippen LogP contribution is 2.28. The SMILES string of the molecule is CCCC(O)CN(Cc1nc2sc(C(=O)OC(C)C)c(C)c2c(=O)[nH]1)Cc1ccco1. The highest BCUT2D eigenvalue weighted by Gasteiger charge is 2.22. The van der Waals surface area contributed by atoms with Gasteiger partial charge in [0.1, 0.15) is 21.3 Å². The molecular formula is C22H29N3O5S. The lowest BCUT2D eigenvalue weighted by molar-refractivity contribution is 0.0383. The molecular weight excluding hydrogens is 418 g/mol. The van der Waals surface area contributed by atoms with E-state index in [0.29, 0.717) is 52.5 Å². The van der Waals surface area contributed by atoms with Crippen LogP contribution in [0, 0.1) is 6.92 Å². The van der Waals surface area contributed by atoms with E-state index >= 15 is 0 Å². The monoisotopic (exact) mass is 447 g/mol. The summed E-state index contributed by atoms with van der Waals surface area (Å²) in [5.41, 5.74) is 0.293. The molecule has 0 aromatic carbocycles. The van der Waals surface area contributed by atoms with Crippen molar-refractivity contribution in [3.8, 4) is 0 Å². The normalized spacial score (nSPS) is 12.7. The van der Waals surface area contributed by atoms with Crippen LogP contribution in [0.4, 0.5) is 0 Å². The molecule has 3 aromatic heterocycles. The molecule has 0 radical (unpaired) electrons. The minimum Gasteiger partial charge on any atom is -0.468 e. The van der Waals surface area contributed by atoms with Gasteiger partial charge < -0.3 is 19.2 Å². The Bertz CT molecular complexity index is 1070. The number of carbonyl (C=O) groups is 1. The number of furan rings is 1. The number of rotatable bonds is 10. The number of carbonyl (C=O) groups excluding carboxylic acids is 1. The van der Waals surface area contributed by atoms with Gasteiger partial charge in [-0.1, -0.05) is 13.3 Å². The maximum atomic E-state index is 12.8. The van der Waals surface area contributed by atoms with E-state index in [1.165, 1.54) is 0 Å². The van der Waals surface area contributed by atoms with E-state index in [9.17, 15) is 14.7 Å². The Kier molecular flexibility index (Phi) is 7.64. The molecule has 8 nitrogen and oxygen atoms in total. The summed E-state index contributed by atoms with van der Waals surface area (Å²) >= 11 is 1.16. The Morgan fingerprint density at radius 3 is 2.81 bits per heavy atom. The van der Waals surface area contributed by atoms with Crippen molar-refractivity contribution in [3.05, 3.63) is 50.8 Å². The topological polar surface area (TPSA) is 109 Å². The number of esters is 1. The van der Waals surface area contributed by atoms with E-state index in [1.54, 1.807) is 27.0 Å². The summed E-state index contributed by atoms with van der Waals surface area (Å²) in [6, 6.07) is 3.68. The van der Waals surface area contributed by atoms with E-state index in [0.717, 1.165) is 23.5 Å². The van der Waals surface area contributed by atoms with E-state index < -0.39 is 12.1 Å². The quantitative estimate of drug-likeness (QED) is 0.457. The van der Waals surface area contributed by atoms with Crippen molar-refractivity contribution in [2.24, 2.45) is 0 Å².